The molecule has 1 fully saturated rings. The molecule has 3 heterocycles. The normalized spacial score (nSPS) is 18.5. The number of carbonyl (C=O) groups is 1. The van der Waals surface area contributed by atoms with Gasteiger partial charge in [0.05, 0.1) is 22.9 Å². The summed E-state index contributed by atoms with van der Waals surface area (Å²) in [7, 11) is 0. The first-order chi connectivity index (χ1) is 16.5. The molecule has 0 aliphatic carbocycles. The molecule has 1 aliphatic rings. The standard InChI is InChI=1S/C24H22F5N5O/c25-16-2-1-3-17(26)22(16)19-5-4-18(31)23(33-19)21(35)8-13-10-32-7-6-20(13)34-11-14(24(27,28)29)9-15(30)12-34/h1-7,10,14-15H,8-9,11-12,30-31H2. The van der Waals surface area contributed by atoms with E-state index in [1.54, 1.807) is 0 Å². The number of nitrogens with two attached hydrogens (primary N) is 2. The lowest BCUT2D eigenvalue weighted by Crippen LogP contribution is -2.51. The Bertz CT molecular complexity index is 1230. The Hall–Kier alpha value is -3.60. The van der Waals surface area contributed by atoms with Crippen LogP contribution in [0.4, 0.5) is 33.3 Å². The maximum Gasteiger partial charge on any atom is 0.393 e. The van der Waals surface area contributed by atoms with E-state index in [-0.39, 0.29) is 43.0 Å². The summed E-state index contributed by atoms with van der Waals surface area (Å²) in [6.45, 7) is -0.120. The number of anilines is 2. The molecule has 0 saturated carbocycles. The molecule has 0 radical (unpaired) electrons. The fourth-order valence-corrected chi connectivity index (χ4v) is 4.27. The van der Waals surface area contributed by atoms with Gasteiger partial charge in [-0.3, -0.25) is 9.78 Å². The van der Waals surface area contributed by atoms with Crippen LogP contribution in [0.15, 0.2) is 48.8 Å². The Morgan fingerprint density at radius 2 is 1.80 bits per heavy atom. The Kier molecular flexibility index (Phi) is 6.70. The number of hydrogen-bond donors (Lipinski definition) is 2. The van der Waals surface area contributed by atoms with Gasteiger partial charge in [0.1, 0.15) is 17.3 Å². The summed E-state index contributed by atoms with van der Waals surface area (Å²) in [5.41, 5.74) is 11.9. The minimum atomic E-state index is -4.40. The minimum absolute atomic E-state index is 0.00179. The zero-order valence-corrected chi connectivity index (χ0v) is 18.4. The van der Waals surface area contributed by atoms with Crippen LogP contribution in [0.5, 0.6) is 0 Å². The lowest BCUT2D eigenvalue weighted by atomic mass is 9.93. The number of carbonyl (C=O) groups excluding carboxylic acids is 1. The number of halogens is 5. The monoisotopic (exact) mass is 491 g/mol. The molecule has 3 aromatic rings. The maximum atomic E-state index is 14.2. The van der Waals surface area contributed by atoms with Crippen molar-refractivity contribution in [2.45, 2.75) is 25.1 Å². The van der Waals surface area contributed by atoms with Crippen molar-refractivity contribution in [1.29, 1.82) is 0 Å². The van der Waals surface area contributed by atoms with E-state index in [9.17, 15) is 26.7 Å². The molecule has 35 heavy (non-hydrogen) atoms. The van der Waals surface area contributed by atoms with Crippen LogP contribution in [0, 0.1) is 17.6 Å². The number of rotatable bonds is 5. The van der Waals surface area contributed by atoms with E-state index in [0.717, 1.165) is 12.1 Å². The molecule has 2 aromatic heterocycles. The Balaban J connectivity index is 1.64. The van der Waals surface area contributed by atoms with Crippen molar-refractivity contribution in [3.05, 3.63) is 71.7 Å². The second-order valence-electron chi connectivity index (χ2n) is 8.47. The molecule has 1 aromatic carbocycles. The van der Waals surface area contributed by atoms with Crippen molar-refractivity contribution >= 4 is 17.2 Å². The lowest BCUT2D eigenvalue weighted by molar-refractivity contribution is -0.177. The first-order valence-corrected chi connectivity index (χ1v) is 10.8. The van der Waals surface area contributed by atoms with E-state index in [2.05, 4.69) is 9.97 Å². The van der Waals surface area contributed by atoms with Crippen molar-refractivity contribution in [1.82, 2.24) is 9.97 Å². The van der Waals surface area contributed by atoms with Crippen molar-refractivity contribution in [2.75, 3.05) is 23.7 Å². The third-order valence-electron chi connectivity index (χ3n) is 5.92. The van der Waals surface area contributed by atoms with Crippen LogP contribution >= 0.6 is 0 Å². The number of nitrogen functional groups attached to an aromatic ring is 1. The van der Waals surface area contributed by atoms with Crippen LogP contribution in [-0.2, 0) is 6.42 Å². The van der Waals surface area contributed by atoms with Gasteiger partial charge in [-0.1, -0.05) is 6.07 Å². The summed E-state index contributed by atoms with van der Waals surface area (Å²) >= 11 is 0. The van der Waals surface area contributed by atoms with Gasteiger partial charge in [-0.2, -0.15) is 13.2 Å². The Morgan fingerprint density at radius 3 is 2.49 bits per heavy atom. The molecular formula is C24H22F5N5O. The molecule has 0 spiro atoms. The molecule has 6 nitrogen and oxygen atoms in total. The summed E-state index contributed by atoms with van der Waals surface area (Å²) < 4.78 is 68.6. The van der Waals surface area contributed by atoms with Crippen molar-refractivity contribution in [3.63, 3.8) is 0 Å². The molecule has 2 atom stereocenters. The van der Waals surface area contributed by atoms with E-state index < -0.39 is 41.1 Å². The van der Waals surface area contributed by atoms with Crippen molar-refractivity contribution < 1.29 is 26.7 Å². The van der Waals surface area contributed by atoms with Gasteiger partial charge in [0.15, 0.2) is 5.78 Å². The van der Waals surface area contributed by atoms with Gasteiger partial charge >= 0.3 is 6.18 Å². The van der Waals surface area contributed by atoms with Crippen LogP contribution in [0.25, 0.3) is 11.3 Å². The maximum absolute atomic E-state index is 14.2. The number of aromatic nitrogens is 2. The number of pyridine rings is 2. The summed E-state index contributed by atoms with van der Waals surface area (Å²) in [4.78, 5) is 22.7. The predicted octanol–water partition coefficient (Wildman–Crippen LogP) is 4.15. The molecule has 4 rings (SSSR count). The van der Waals surface area contributed by atoms with Gasteiger partial charge in [0.25, 0.3) is 0 Å². The summed E-state index contributed by atoms with van der Waals surface area (Å²) in [5, 5.41) is 0. The van der Waals surface area contributed by atoms with Crippen LogP contribution in [0.2, 0.25) is 0 Å². The molecule has 4 N–H and O–H groups in total. The van der Waals surface area contributed by atoms with Gasteiger partial charge in [-0.25, -0.2) is 13.8 Å². The number of nitrogens with zero attached hydrogens (tertiary/aromatic N) is 3. The van der Waals surface area contributed by atoms with E-state index in [1.807, 2.05) is 0 Å². The van der Waals surface area contributed by atoms with Gasteiger partial charge in [-0.05, 0) is 36.8 Å². The highest BCUT2D eigenvalue weighted by Crippen LogP contribution is 2.35. The molecule has 11 heteroatoms. The first-order valence-electron chi connectivity index (χ1n) is 10.8. The largest absolute Gasteiger partial charge is 0.397 e. The fourth-order valence-electron chi connectivity index (χ4n) is 4.27. The van der Waals surface area contributed by atoms with E-state index >= 15 is 0 Å². The number of alkyl halides is 3. The molecule has 0 bridgehead atoms. The van der Waals surface area contributed by atoms with Crippen LogP contribution in [0.1, 0.15) is 22.5 Å². The van der Waals surface area contributed by atoms with Crippen LogP contribution < -0.4 is 16.4 Å². The smallest absolute Gasteiger partial charge is 0.393 e. The van der Waals surface area contributed by atoms with Gasteiger partial charge < -0.3 is 16.4 Å². The summed E-state index contributed by atoms with van der Waals surface area (Å²) in [5.74, 6) is -3.89. The van der Waals surface area contributed by atoms with Gasteiger partial charge in [0.2, 0.25) is 0 Å². The topological polar surface area (TPSA) is 98.1 Å². The first kappa shape index (κ1) is 24.5. The highest BCUT2D eigenvalue weighted by molar-refractivity contribution is 6.01. The lowest BCUT2D eigenvalue weighted by Gasteiger charge is -2.39. The third-order valence-corrected chi connectivity index (χ3v) is 5.92. The molecular weight excluding hydrogens is 469 g/mol. The summed E-state index contributed by atoms with van der Waals surface area (Å²) in [6.07, 6.45) is -2.07. The average molecular weight is 491 g/mol. The number of Topliss-reactive ketones (excluding diaryl/α,β-unsaturated/α-hetero) is 1. The number of benzene rings is 1. The Labute approximate surface area is 197 Å². The number of piperidine rings is 1. The molecule has 1 saturated heterocycles. The van der Waals surface area contributed by atoms with E-state index in [0.29, 0.717) is 11.3 Å². The fraction of sp³-hybridized carbons (Fsp3) is 0.292. The Morgan fingerprint density at radius 1 is 1.09 bits per heavy atom. The molecule has 184 valence electrons. The second kappa shape index (κ2) is 9.57. The molecule has 1 aliphatic heterocycles. The zero-order valence-electron chi connectivity index (χ0n) is 18.4. The van der Waals surface area contributed by atoms with Gasteiger partial charge in [-0.15, -0.1) is 0 Å². The minimum Gasteiger partial charge on any atom is -0.397 e. The van der Waals surface area contributed by atoms with Crippen molar-refractivity contribution in [3.8, 4) is 11.3 Å². The average Bonchev–Trinajstić information content (AvgIpc) is 2.79. The molecule has 2 unspecified atom stereocenters. The summed E-state index contributed by atoms with van der Waals surface area (Å²) in [6, 6.07) is 6.79. The quantitative estimate of drug-likeness (QED) is 0.411. The SMILES string of the molecule is Nc1ccc(-c2c(F)cccc2F)nc1C(=O)Cc1cnccc1N1CC(N)CC(C(F)(F)F)C1. The van der Waals surface area contributed by atoms with Crippen LogP contribution in [0.3, 0.4) is 0 Å². The predicted molar refractivity (Wildman–Crippen MR) is 121 cm³/mol. The third kappa shape index (κ3) is 5.24. The highest BCUT2D eigenvalue weighted by Gasteiger charge is 2.44. The zero-order chi connectivity index (χ0) is 25.3. The van der Waals surface area contributed by atoms with Crippen molar-refractivity contribution in [2.24, 2.45) is 11.7 Å². The second-order valence-corrected chi connectivity index (χ2v) is 8.47. The highest BCUT2D eigenvalue weighted by atomic mass is 19.4. The molecule has 0 amide bonds. The van der Waals surface area contributed by atoms with E-state index in [4.69, 9.17) is 11.5 Å². The number of hydrogen-bond acceptors (Lipinski definition) is 6. The van der Waals surface area contributed by atoms with E-state index in [1.165, 1.54) is 41.6 Å². The number of ketones is 1. The van der Waals surface area contributed by atoms with Crippen LogP contribution in [-0.4, -0.2) is 41.1 Å². The van der Waals surface area contributed by atoms with Gasteiger partial charge in [0, 0.05) is 49.2 Å².